The Kier molecular flexibility index (Phi) is 7.54. The van der Waals surface area contributed by atoms with Crippen molar-refractivity contribution in [1.29, 1.82) is 0 Å². The Morgan fingerprint density at radius 1 is 1.23 bits per heavy atom. The maximum atomic E-state index is 13.4. The molecule has 0 radical (unpaired) electrons. The number of benzene rings is 1. The molecule has 168 valence electrons. The van der Waals surface area contributed by atoms with Gasteiger partial charge >= 0.3 is 6.18 Å². The van der Waals surface area contributed by atoms with Crippen molar-refractivity contribution in [2.45, 2.75) is 31.5 Å². The highest BCUT2D eigenvalue weighted by atomic mass is 19.4. The van der Waals surface area contributed by atoms with Crippen molar-refractivity contribution in [3.05, 3.63) is 59.8 Å². The Labute approximate surface area is 181 Å². The van der Waals surface area contributed by atoms with Crippen molar-refractivity contribution >= 4 is 11.7 Å². The van der Waals surface area contributed by atoms with Crippen LogP contribution in [0.3, 0.4) is 0 Å². The predicted molar refractivity (Wildman–Crippen MR) is 115 cm³/mol. The van der Waals surface area contributed by atoms with E-state index in [9.17, 15) is 18.0 Å². The third kappa shape index (κ3) is 6.19. The van der Waals surface area contributed by atoms with Gasteiger partial charge in [-0.2, -0.15) is 13.2 Å². The van der Waals surface area contributed by atoms with Gasteiger partial charge in [0, 0.05) is 31.9 Å². The molecular weight excluding hydrogens is 405 g/mol. The average molecular weight is 435 g/mol. The molecule has 0 aliphatic carbocycles. The lowest BCUT2D eigenvalue weighted by molar-refractivity contribution is -0.137. The lowest BCUT2D eigenvalue weighted by Crippen LogP contribution is -2.47. The maximum Gasteiger partial charge on any atom is 0.419 e. The molecule has 1 aromatic carbocycles. The Balaban J connectivity index is 1.62. The van der Waals surface area contributed by atoms with E-state index >= 15 is 0 Å². The van der Waals surface area contributed by atoms with E-state index in [1.165, 1.54) is 17.8 Å². The number of alkyl halides is 3. The van der Waals surface area contributed by atoms with Crippen LogP contribution in [0.15, 0.2) is 48.7 Å². The van der Waals surface area contributed by atoms with Crippen LogP contribution in [0.1, 0.15) is 24.0 Å². The quantitative estimate of drug-likeness (QED) is 0.724. The summed E-state index contributed by atoms with van der Waals surface area (Å²) in [6, 6.07) is 12.5. The molecule has 1 aromatic heterocycles. The monoisotopic (exact) mass is 434 g/mol. The van der Waals surface area contributed by atoms with Gasteiger partial charge < -0.3 is 15.1 Å². The van der Waals surface area contributed by atoms with E-state index in [0.29, 0.717) is 25.9 Å². The van der Waals surface area contributed by atoms with Crippen LogP contribution in [-0.4, -0.2) is 55.6 Å². The largest absolute Gasteiger partial charge is 0.419 e. The first-order valence-corrected chi connectivity index (χ1v) is 10.5. The zero-order valence-corrected chi connectivity index (χ0v) is 17.9. The zero-order valence-electron chi connectivity index (χ0n) is 17.9. The SMILES string of the molecule is CN(C)C(CNC(=O)C1CCCN(c2ncccc2C(F)(F)F)C1)Cc1ccccc1. The third-order valence-corrected chi connectivity index (χ3v) is 5.74. The second-order valence-electron chi connectivity index (χ2n) is 8.21. The Bertz CT molecular complexity index is 857. The fraction of sp³-hybridized carbons (Fsp3) is 0.478. The molecule has 0 spiro atoms. The number of anilines is 1. The molecule has 1 saturated heterocycles. The number of hydrogen-bond acceptors (Lipinski definition) is 4. The average Bonchev–Trinajstić information content (AvgIpc) is 2.76. The van der Waals surface area contributed by atoms with E-state index in [1.54, 1.807) is 4.90 Å². The van der Waals surface area contributed by atoms with Gasteiger partial charge in [-0.25, -0.2) is 4.98 Å². The molecule has 1 N–H and O–H groups in total. The molecule has 2 aromatic rings. The lowest BCUT2D eigenvalue weighted by Gasteiger charge is -2.34. The molecule has 5 nitrogen and oxygen atoms in total. The zero-order chi connectivity index (χ0) is 22.4. The normalized spacial score (nSPS) is 18.1. The molecule has 1 aliphatic heterocycles. The fourth-order valence-electron chi connectivity index (χ4n) is 3.94. The predicted octanol–water partition coefficient (Wildman–Crippen LogP) is 3.61. The summed E-state index contributed by atoms with van der Waals surface area (Å²) in [5.74, 6) is -0.576. The van der Waals surface area contributed by atoms with E-state index < -0.39 is 11.7 Å². The van der Waals surface area contributed by atoms with Crippen molar-refractivity contribution in [1.82, 2.24) is 15.2 Å². The van der Waals surface area contributed by atoms with E-state index in [2.05, 4.69) is 27.3 Å². The van der Waals surface area contributed by atoms with Crippen molar-refractivity contribution in [3.63, 3.8) is 0 Å². The van der Waals surface area contributed by atoms with Crippen LogP contribution in [0.2, 0.25) is 0 Å². The highest BCUT2D eigenvalue weighted by molar-refractivity contribution is 5.79. The highest BCUT2D eigenvalue weighted by Crippen LogP contribution is 2.36. The molecule has 0 bridgehead atoms. The van der Waals surface area contributed by atoms with Crippen LogP contribution < -0.4 is 10.2 Å². The van der Waals surface area contributed by atoms with Gasteiger partial charge in [0.15, 0.2) is 0 Å². The maximum absolute atomic E-state index is 13.4. The molecule has 2 unspecified atom stereocenters. The summed E-state index contributed by atoms with van der Waals surface area (Å²) in [6.07, 6.45) is -1.02. The summed E-state index contributed by atoms with van der Waals surface area (Å²) in [7, 11) is 3.95. The number of pyridine rings is 1. The number of carbonyl (C=O) groups excluding carboxylic acids is 1. The Morgan fingerprint density at radius 2 is 1.97 bits per heavy atom. The topological polar surface area (TPSA) is 48.5 Å². The van der Waals surface area contributed by atoms with Crippen molar-refractivity contribution in [2.24, 2.45) is 5.92 Å². The summed E-state index contributed by atoms with van der Waals surface area (Å²) >= 11 is 0. The van der Waals surface area contributed by atoms with Gasteiger partial charge in [-0.3, -0.25) is 4.79 Å². The smallest absolute Gasteiger partial charge is 0.355 e. The summed E-state index contributed by atoms with van der Waals surface area (Å²) in [5.41, 5.74) is 0.431. The van der Waals surface area contributed by atoms with E-state index in [4.69, 9.17) is 0 Å². The number of likely N-dealkylation sites (N-methyl/N-ethyl adjacent to an activating group) is 1. The van der Waals surface area contributed by atoms with Crippen LogP contribution in [0.4, 0.5) is 19.0 Å². The number of nitrogens with one attached hydrogen (secondary N) is 1. The van der Waals surface area contributed by atoms with Gasteiger partial charge in [0.05, 0.1) is 11.5 Å². The van der Waals surface area contributed by atoms with Gasteiger partial charge in [0.25, 0.3) is 0 Å². The Hall–Kier alpha value is -2.61. The van der Waals surface area contributed by atoms with Gasteiger partial charge in [-0.1, -0.05) is 30.3 Å². The first-order valence-electron chi connectivity index (χ1n) is 10.5. The molecule has 1 fully saturated rings. The van der Waals surface area contributed by atoms with Gasteiger partial charge in [-0.15, -0.1) is 0 Å². The number of aromatic nitrogens is 1. The number of carbonyl (C=O) groups is 1. The second kappa shape index (κ2) is 10.1. The standard InChI is InChI=1S/C23H29F3N4O/c1-29(2)19(14-17-8-4-3-5-9-17)15-28-22(31)18-10-7-13-30(16-18)21-20(23(24,25)26)11-6-12-27-21/h3-6,8-9,11-12,18-19H,7,10,13-16H2,1-2H3,(H,28,31). The van der Waals surface area contributed by atoms with Crippen LogP contribution in [0, 0.1) is 5.92 Å². The number of amides is 1. The second-order valence-corrected chi connectivity index (χ2v) is 8.21. The van der Waals surface area contributed by atoms with Crippen LogP contribution in [-0.2, 0) is 17.4 Å². The summed E-state index contributed by atoms with van der Waals surface area (Å²) in [5, 5.41) is 3.02. The van der Waals surface area contributed by atoms with Gasteiger partial charge in [0.1, 0.15) is 5.82 Å². The van der Waals surface area contributed by atoms with E-state index in [1.807, 2.05) is 32.3 Å². The number of rotatable bonds is 7. The summed E-state index contributed by atoms with van der Waals surface area (Å²) < 4.78 is 40.1. The molecule has 2 heterocycles. The van der Waals surface area contributed by atoms with Crippen molar-refractivity contribution < 1.29 is 18.0 Å². The van der Waals surface area contributed by atoms with Gasteiger partial charge in [-0.05, 0) is 51.1 Å². The first kappa shape index (κ1) is 23.1. The number of hydrogen-bond donors (Lipinski definition) is 1. The van der Waals surface area contributed by atoms with Crippen molar-refractivity contribution in [2.75, 3.05) is 38.6 Å². The molecule has 3 rings (SSSR count). The molecule has 1 aliphatic rings. The molecule has 2 atom stereocenters. The summed E-state index contributed by atoms with van der Waals surface area (Å²) in [6.45, 7) is 1.17. The number of piperidine rings is 1. The van der Waals surface area contributed by atoms with E-state index in [0.717, 1.165) is 12.5 Å². The minimum atomic E-state index is -4.48. The molecular formula is C23H29F3N4O. The highest BCUT2D eigenvalue weighted by Gasteiger charge is 2.37. The fourth-order valence-corrected chi connectivity index (χ4v) is 3.94. The van der Waals surface area contributed by atoms with Crippen LogP contribution >= 0.6 is 0 Å². The van der Waals surface area contributed by atoms with Gasteiger partial charge in [0.2, 0.25) is 5.91 Å². The molecule has 31 heavy (non-hydrogen) atoms. The summed E-state index contributed by atoms with van der Waals surface area (Å²) in [4.78, 5) is 20.5. The van der Waals surface area contributed by atoms with E-state index in [-0.39, 0.29) is 30.2 Å². The number of halogens is 3. The minimum absolute atomic E-state index is 0.0947. The molecule has 1 amide bonds. The minimum Gasteiger partial charge on any atom is -0.355 e. The van der Waals surface area contributed by atoms with Crippen LogP contribution in [0.25, 0.3) is 0 Å². The van der Waals surface area contributed by atoms with Crippen LogP contribution in [0.5, 0.6) is 0 Å². The Morgan fingerprint density at radius 3 is 2.65 bits per heavy atom. The van der Waals surface area contributed by atoms with Crippen molar-refractivity contribution in [3.8, 4) is 0 Å². The molecule has 8 heteroatoms. The lowest BCUT2D eigenvalue weighted by atomic mass is 9.96. The third-order valence-electron chi connectivity index (χ3n) is 5.74. The number of nitrogens with zero attached hydrogens (tertiary/aromatic N) is 3. The molecule has 0 saturated carbocycles. The first-order chi connectivity index (χ1) is 14.8.